The molecule has 0 aliphatic rings. The van der Waals surface area contributed by atoms with Gasteiger partial charge >= 0.3 is 0 Å². The molecule has 3 aromatic rings. The summed E-state index contributed by atoms with van der Waals surface area (Å²) in [5, 5.41) is 1.67. The van der Waals surface area contributed by atoms with Gasteiger partial charge in [-0.2, -0.15) is 0 Å². The topological polar surface area (TPSA) is 111 Å². The number of hydrogen-bond acceptors (Lipinski definition) is 7. The van der Waals surface area contributed by atoms with Crippen LogP contribution in [-0.2, 0) is 20.0 Å². The maximum absolute atomic E-state index is 13.0. The highest BCUT2D eigenvalue weighted by Crippen LogP contribution is 2.37. The highest BCUT2D eigenvalue weighted by atomic mass is 35.5. The number of anilines is 2. The van der Waals surface area contributed by atoms with Gasteiger partial charge in [-0.15, -0.1) is 11.3 Å². The van der Waals surface area contributed by atoms with Crippen LogP contribution in [0.2, 0.25) is 10.0 Å². The van der Waals surface area contributed by atoms with Crippen molar-refractivity contribution in [3.05, 3.63) is 57.9 Å². The van der Waals surface area contributed by atoms with Gasteiger partial charge in [0.05, 0.1) is 35.6 Å². The predicted octanol–water partition coefficient (Wildman–Crippen LogP) is 4.67. The summed E-state index contributed by atoms with van der Waals surface area (Å²) in [6.07, 6.45) is 0. The zero-order valence-corrected chi connectivity index (χ0v) is 20.0. The van der Waals surface area contributed by atoms with Crippen molar-refractivity contribution in [2.75, 3.05) is 23.7 Å². The molecule has 13 heteroatoms. The fourth-order valence-electron chi connectivity index (χ4n) is 2.52. The summed E-state index contributed by atoms with van der Waals surface area (Å²) in [6, 6.07) is 9.58. The van der Waals surface area contributed by atoms with E-state index in [-0.39, 0.29) is 36.3 Å². The molecule has 3 rings (SSSR count). The lowest BCUT2D eigenvalue weighted by Crippen LogP contribution is -2.18. The van der Waals surface area contributed by atoms with E-state index < -0.39 is 20.0 Å². The van der Waals surface area contributed by atoms with Gasteiger partial charge in [0.25, 0.3) is 20.0 Å². The molecule has 166 valence electrons. The summed E-state index contributed by atoms with van der Waals surface area (Å²) < 4.78 is 66.3. The van der Waals surface area contributed by atoms with E-state index in [0.717, 1.165) is 11.3 Å². The third-order valence-corrected chi connectivity index (χ3v) is 8.86. The van der Waals surface area contributed by atoms with Gasteiger partial charge in [0.1, 0.15) is 20.6 Å². The second-order valence-electron chi connectivity index (χ2n) is 5.97. The first-order valence-corrected chi connectivity index (χ1v) is 13.0. The number of ether oxygens (including phenoxy) is 2. The largest absolute Gasteiger partial charge is 0.497 e. The van der Waals surface area contributed by atoms with E-state index in [4.69, 9.17) is 32.7 Å². The second-order valence-corrected chi connectivity index (χ2v) is 11.3. The fraction of sp³-hybridized carbons (Fsp3) is 0.111. The minimum absolute atomic E-state index is 0.0279. The first-order valence-electron chi connectivity index (χ1n) is 8.37. The van der Waals surface area contributed by atoms with Crippen LogP contribution in [0.1, 0.15) is 0 Å². The molecule has 2 N–H and O–H groups in total. The summed E-state index contributed by atoms with van der Waals surface area (Å²) in [7, 11) is -5.43. The number of benzene rings is 2. The molecule has 0 unspecified atom stereocenters. The SMILES string of the molecule is COc1ccc(S(=O)(=O)Nc2cc(Cl)c(Cl)cc2NS(=O)(=O)c2cccs2)c(OC)c1. The number of nitrogens with one attached hydrogen (secondary N) is 2. The zero-order chi connectivity index (χ0) is 22.8. The van der Waals surface area contributed by atoms with Crippen molar-refractivity contribution in [1.82, 2.24) is 0 Å². The van der Waals surface area contributed by atoms with Crippen molar-refractivity contribution >= 4 is 66.0 Å². The summed E-state index contributed by atoms with van der Waals surface area (Å²) in [6.45, 7) is 0. The van der Waals surface area contributed by atoms with Gasteiger partial charge < -0.3 is 9.47 Å². The van der Waals surface area contributed by atoms with Crippen molar-refractivity contribution in [2.45, 2.75) is 9.10 Å². The maximum atomic E-state index is 13.0. The summed E-state index contributed by atoms with van der Waals surface area (Å²) in [4.78, 5) is -0.186. The summed E-state index contributed by atoms with van der Waals surface area (Å²) in [5.74, 6) is 0.433. The molecule has 0 amide bonds. The molecule has 0 radical (unpaired) electrons. The fourth-order valence-corrected chi connectivity index (χ4v) is 6.14. The Labute approximate surface area is 193 Å². The number of sulfonamides is 2. The van der Waals surface area contributed by atoms with Crippen LogP contribution in [0.4, 0.5) is 11.4 Å². The molecule has 0 spiro atoms. The Morgan fingerprint density at radius 3 is 1.97 bits per heavy atom. The zero-order valence-electron chi connectivity index (χ0n) is 16.0. The van der Waals surface area contributed by atoms with Gasteiger partial charge in [-0.1, -0.05) is 29.3 Å². The Morgan fingerprint density at radius 2 is 1.45 bits per heavy atom. The van der Waals surface area contributed by atoms with E-state index in [1.165, 1.54) is 50.6 Å². The highest BCUT2D eigenvalue weighted by Gasteiger charge is 2.24. The van der Waals surface area contributed by atoms with Crippen LogP contribution in [0, 0.1) is 0 Å². The standard InChI is InChI=1S/C18H16Cl2N2O6S3/c1-27-11-5-6-17(16(8-11)28-2)30(23,24)21-14-9-12(19)13(20)10-15(14)22-31(25,26)18-4-3-7-29-18/h3-10,21-22H,1-2H3. The van der Waals surface area contributed by atoms with E-state index in [0.29, 0.717) is 5.75 Å². The highest BCUT2D eigenvalue weighted by molar-refractivity contribution is 7.94. The van der Waals surface area contributed by atoms with Crippen molar-refractivity contribution in [1.29, 1.82) is 0 Å². The molecule has 1 heterocycles. The predicted molar refractivity (Wildman–Crippen MR) is 122 cm³/mol. The molecular formula is C18H16Cl2N2O6S3. The van der Waals surface area contributed by atoms with Gasteiger partial charge in [-0.05, 0) is 35.7 Å². The van der Waals surface area contributed by atoms with Crippen molar-refractivity contribution in [3.63, 3.8) is 0 Å². The van der Waals surface area contributed by atoms with Crippen LogP contribution in [0.3, 0.4) is 0 Å². The Bertz CT molecular complexity index is 1310. The average Bonchev–Trinajstić information content (AvgIpc) is 3.27. The number of thiophene rings is 1. The van der Waals surface area contributed by atoms with Crippen molar-refractivity contribution in [2.24, 2.45) is 0 Å². The van der Waals surface area contributed by atoms with Gasteiger partial charge in [0, 0.05) is 6.07 Å². The first kappa shape index (κ1) is 23.5. The number of methoxy groups -OCH3 is 2. The van der Waals surface area contributed by atoms with Gasteiger partial charge in [0.15, 0.2) is 0 Å². The Hall–Kier alpha value is -2.18. The molecule has 0 fully saturated rings. The summed E-state index contributed by atoms with van der Waals surface area (Å²) >= 11 is 13.1. The lowest BCUT2D eigenvalue weighted by molar-refractivity contribution is 0.386. The molecular weight excluding hydrogens is 507 g/mol. The lowest BCUT2D eigenvalue weighted by atomic mass is 10.3. The maximum Gasteiger partial charge on any atom is 0.271 e. The van der Waals surface area contributed by atoms with Crippen LogP contribution >= 0.6 is 34.5 Å². The van der Waals surface area contributed by atoms with Gasteiger partial charge in [0.2, 0.25) is 0 Å². The van der Waals surface area contributed by atoms with Gasteiger partial charge in [-0.25, -0.2) is 16.8 Å². The van der Waals surface area contributed by atoms with E-state index in [1.54, 1.807) is 11.4 Å². The first-order chi connectivity index (χ1) is 14.6. The Kier molecular flexibility index (Phi) is 6.92. The van der Waals surface area contributed by atoms with E-state index in [9.17, 15) is 16.8 Å². The molecule has 8 nitrogen and oxygen atoms in total. The van der Waals surface area contributed by atoms with E-state index in [1.807, 2.05) is 0 Å². The van der Waals surface area contributed by atoms with Crippen LogP contribution in [0.5, 0.6) is 11.5 Å². The van der Waals surface area contributed by atoms with Crippen LogP contribution in [0.15, 0.2) is 56.9 Å². The Balaban J connectivity index is 2.04. The summed E-state index contributed by atoms with van der Waals surface area (Å²) in [5.41, 5.74) is -0.216. The van der Waals surface area contributed by atoms with Gasteiger partial charge in [-0.3, -0.25) is 9.44 Å². The normalized spacial score (nSPS) is 11.7. The van der Waals surface area contributed by atoms with Crippen LogP contribution in [0.25, 0.3) is 0 Å². The number of halogens is 2. The molecule has 0 saturated heterocycles. The molecule has 2 aromatic carbocycles. The van der Waals surface area contributed by atoms with E-state index >= 15 is 0 Å². The smallest absolute Gasteiger partial charge is 0.271 e. The molecule has 0 aliphatic carbocycles. The third kappa shape index (κ3) is 5.18. The second kappa shape index (κ2) is 9.13. The molecule has 31 heavy (non-hydrogen) atoms. The molecule has 0 saturated carbocycles. The minimum Gasteiger partial charge on any atom is -0.497 e. The monoisotopic (exact) mass is 522 g/mol. The molecule has 1 aromatic heterocycles. The quantitative estimate of drug-likeness (QED) is 0.444. The lowest BCUT2D eigenvalue weighted by Gasteiger charge is -2.17. The average molecular weight is 523 g/mol. The molecule has 0 aliphatic heterocycles. The molecule has 0 atom stereocenters. The Morgan fingerprint density at radius 1 is 0.839 bits per heavy atom. The van der Waals surface area contributed by atoms with Crippen molar-refractivity contribution < 1.29 is 26.3 Å². The minimum atomic E-state index is -4.21. The van der Waals surface area contributed by atoms with Crippen LogP contribution in [-0.4, -0.2) is 31.1 Å². The third-order valence-electron chi connectivity index (χ3n) is 3.97. The number of rotatable bonds is 8. The van der Waals surface area contributed by atoms with Crippen LogP contribution < -0.4 is 18.9 Å². The number of hydrogen-bond donors (Lipinski definition) is 2. The molecule has 0 bridgehead atoms. The van der Waals surface area contributed by atoms with Crippen molar-refractivity contribution in [3.8, 4) is 11.5 Å². The van der Waals surface area contributed by atoms with E-state index in [2.05, 4.69) is 9.44 Å².